The number of alkyl halides is 3. The summed E-state index contributed by atoms with van der Waals surface area (Å²) < 4.78 is 44.3. The lowest BCUT2D eigenvalue weighted by molar-refractivity contribution is -0.138. The lowest BCUT2D eigenvalue weighted by Gasteiger charge is -2.11. The van der Waals surface area contributed by atoms with Gasteiger partial charge in [-0.05, 0) is 42.8 Å². The fourth-order valence-electron chi connectivity index (χ4n) is 2.79. The van der Waals surface area contributed by atoms with E-state index in [2.05, 4.69) is 4.98 Å². The molecule has 0 spiro atoms. The van der Waals surface area contributed by atoms with Gasteiger partial charge in [-0.15, -0.1) is 0 Å². The van der Waals surface area contributed by atoms with Crippen LogP contribution >= 0.6 is 0 Å². The zero-order valence-corrected chi connectivity index (χ0v) is 13.5. The van der Waals surface area contributed by atoms with E-state index in [1.807, 2.05) is 0 Å². The number of ether oxygens (including phenoxy) is 1. The van der Waals surface area contributed by atoms with Crippen molar-refractivity contribution in [1.82, 2.24) is 4.98 Å². The van der Waals surface area contributed by atoms with Gasteiger partial charge in [0.05, 0.1) is 17.7 Å². The molecule has 0 saturated heterocycles. The van der Waals surface area contributed by atoms with Gasteiger partial charge >= 0.3 is 12.1 Å². The van der Waals surface area contributed by atoms with Crippen LogP contribution in [0.2, 0.25) is 0 Å². The number of nitrogens with one attached hydrogen (secondary N) is 1. The molecule has 0 saturated carbocycles. The largest absolute Gasteiger partial charge is 0.462 e. The standard InChI is InChI=1S/C19H16F3NO2/c1-2-25-18(24)13-7-8-17-14(9-13)11-15(23-17)10-12-5-3-4-6-16(12)19(20,21)22/h3-9,11,23H,2,10H2,1H3. The number of hydrogen-bond acceptors (Lipinski definition) is 2. The maximum atomic E-state index is 13.1. The number of benzene rings is 2. The van der Waals surface area contributed by atoms with E-state index < -0.39 is 17.7 Å². The first-order valence-corrected chi connectivity index (χ1v) is 7.82. The number of carbonyl (C=O) groups excluding carboxylic acids is 1. The summed E-state index contributed by atoms with van der Waals surface area (Å²) in [6.45, 7) is 2.01. The summed E-state index contributed by atoms with van der Waals surface area (Å²) in [6.07, 6.45) is -4.27. The molecule has 0 aliphatic rings. The Labute approximate surface area is 142 Å². The fourth-order valence-corrected chi connectivity index (χ4v) is 2.79. The average molecular weight is 347 g/mol. The van der Waals surface area contributed by atoms with E-state index in [1.165, 1.54) is 12.1 Å². The Morgan fingerprint density at radius 2 is 1.88 bits per heavy atom. The second kappa shape index (κ2) is 6.63. The van der Waals surface area contributed by atoms with Crippen molar-refractivity contribution in [2.75, 3.05) is 6.61 Å². The highest BCUT2D eigenvalue weighted by molar-refractivity contribution is 5.94. The van der Waals surface area contributed by atoms with Gasteiger partial charge in [0.25, 0.3) is 0 Å². The van der Waals surface area contributed by atoms with Crippen molar-refractivity contribution in [3.63, 3.8) is 0 Å². The molecule has 130 valence electrons. The monoisotopic (exact) mass is 347 g/mol. The second-order valence-electron chi connectivity index (χ2n) is 5.65. The zero-order valence-electron chi connectivity index (χ0n) is 13.5. The molecule has 6 heteroatoms. The van der Waals surface area contributed by atoms with Gasteiger partial charge in [-0.1, -0.05) is 18.2 Å². The van der Waals surface area contributed by atoms with Crippen LogP contribution in [0.3, 0.4) is 0 Å². The molecule has 3 nitrogen and oxygen atoms in total. The van der Waals surface area contributed by atoms with Crippen LogP contribution in [-0.2, 0) is 17.3 Å². The molecule has 0 amide bonds. The Hall–Kier alpha value is -2.76. The first-order chi connectivity index (χ1) is 11.9. The normalized spacial score (nSPS) is 11.7. The van der Waals surface area contributed by atoms with E-state index in [1.54, 1.807) is 37.3 Å². The quantitative estimate of drug-likeness (QED) is 0.678. The van der Waals surface area contributed by atoms with E-state index in [0.29, 0.717) is 11.3 Å². The molecule has 1 heterocycles. The minimum atomic E-state index is -4.39. The Bertz CT molecular complexity index is 912. The van der Waals surface area contributed by atoms with Gasteiger partial charge in [0.15, 0.2) is 0 Å². The topological polar surface area (TPSA) is 42.1 Å². The molecule has 1 N–H and O–H groups in total. The van der Waals surface area contributed by atoms with E-state index in [-0.39, 0.29) is 18.6 Å². The molecule has 0 bridgehead atoms. The molecule has 0 aliphatic heterocycles. The molecule has 0 radical (unpaired) electrons. The second-order valence-corrected chi connectivity index (χ2v) is 5.65. The summed E-state index contributed by atoms with van der Waals surface area (Å²) in [4.78, 5) is 14.9. The van der Waals surface area contributed by atoms with Crippen LogP contribution in [0.15, 0.2) is 48.5 Å². The highest BCUT2D eigenvalue weighted by Gasteiger charge is 2.32. The van der Waals surface area contributed by atoms with Crippen molar-refractivity contribution < 1.29 is 22.7 Å². The Kier molecular flexibility index (Phi) is 4.53. The van der Waals surface area contributed by atoms with Gasteiger partial charge in [-0.3, -0.25) is 0 Å². The molecular formula is C19H16F3NO2. The molecule has 0 atom stereocenters. The summed E-state index contributed by atoms with van der Waals surface area (Å²) >= 11 is 0. The fraction of sp³-hybridized carbons (Fsp3) is 0.211. The van der Waals surface area contributed by atoms with Gasteiger partial charge in [-0.25, -0.2) is 4.79 Å². The summed E-state index contributed by atoms with van der Waals surface area (Å²) in [7, 11) is 0. The average Bonchev–Trinajstić information content (AvgIpc) is 2.95. The third-order valence-corrected chi connectivity index (χ3v) is 3.89. The molecule has 0 unspecified atom stereocenters. The smallest absolute Gasteiger partial charge is 0.416 e. The predicted octanol–water partition coefficient (Wildman–Crippen LogP) is 4.95. The predicted molar refractivity (Wildman–Crippen MR) is 88.5 cm³/mol. The number of aromatic nitrogens is 1. The van der Waals surface area contributed by atoms with Crippen molar-refractivity contribution in [3.05, 3.63) is 70.9 Å². The summed E-state index contributed by atoms with van der Waals surface area (Å²) in [6, 6.07) is 12.3. The Morgan fingerprint density at radius 3 is 2.60 bits per heavy atom. The molecule has 2 aromatic carbocycles. The molecule has 3 aromatic rings. The first kappa shape index (κ1) is 17.1. The zero-order chi connectivity index (χ0) is 18.0. The minimum Gasteiger partial charge on any atom is -0.462 e. The number of fused-ring (bicyclic) bond motifs is 1. The van der Waals surface area contributed by atoms with Gasteiger partial charge in [0.2, 0.25) is 0 Å². The van der Waals surface area contributed by atoms with Crippen LogP contribution < -0.4 is 0 Å². The maximum absolute atomic E-state index is 13.1. The third kappa shape index (κ3) is 3.68. The molecular weight excluding hydrogens is 331 g/mol. The highest BCUT2D eigenvalue weighted by Crippen LogP contribution is 2.33. The number of hydrogen-bond donors (Lipinski definition) is 1. The number of esters is 1. The third-order valence-electron chi connectivity index (χ3n) is 3.89. The molecule has 3 rings (SSSR count). The van der Waals surface area contributed by atoms with Crippen molar-refractivity contribution in [1.29, 1.82) is 0 Å². The van der Waals surface area contributed by atoms with E-state index in [9.17, 15) is 18.0 Å². The van der Waals surface area contributed by atoms with Gasteiger partial charge in [0, 0.05) is 23.0 Å². The van der Waals surface area contributed by atoms with Crippen molar-refractivity contribution in [2.45, 2.75) is 19.5 Å². The summed E-state index contributed by atoms with van der Waals surface area (Å²) in [5, 5.41) is 0.755. The van der Waals surface area contributed by atoms with Crippen molar-refractivity contribution >= 4 is 16.9 Å². The maximum Gasteiger partial charge on any atom is 0.416 e. The minimum absolute atomic E-state index is 0.124. The van der Waals surface area contributed by atoms with Gasteiger partial charge in [0.1, 0.15) is 0 Å². The van der Waals surface area contributed by atoms with E-state index in [0.717, 1.165) is 17.0 Å². The van der Waals surface area contributed by atoms with Crippen LogP contribution in [0.4, 0.5) is 13.2 Å². The molecule has 1 aromatic heterocycles. The van der Waals surface area contributed by atoms with Gasteiger partial charge in [-0.2, -0.15) is 13.2 Å². The number of carbonyl (C=O) groups is 1. The Balaban J connectivity index is 1.92. The number of aromatic amines is 1. The molecule has 25 heavy (non-hydrogen) atoms. The van der Waals surface area contributed by atoms with Crippen LogP contribution in [0, 0.1) is 0 Å². The lowest BCUT2D eigenvalue weighted by atomic mass is 10.0. The van der Waals surface area contributed by atoms with E-state index >= 15 is 0 Å². The van der Waals surface area contributed by atoms with Crippen LogP contribution in [0.5, 0.6) is 0 Å². The summed E-state index contributed by atoms with van der Waals surface area (Å²) in [5.74, 6) is -0.422. The van der Waals surface area contributed by atoms with Crippen LogP contribution in [0.25, 0.3) is 10.9 Å². The lowest BCUT2D eigenvalue weighted by Crippen LogP contribution is -2.09. The first-order valence-electron chi connectivity index (χ1n) is 7.82. The van der Waals surface area contributed by atoms with E-state index in [4.69, 9.17) is 4.74 Å². The van der Waals surface area contributed by atoms with Crippen molar-refractivity contribution in [3.8, 4) is 0 Å². The molecule has 0 fully saturated rings. The van der Waals surface area contributed by atoms with Crippen molar-refractivity contribution in [2.24, 2.45) is 0 Å². The number of H-pyrrole nitrogens is 1. The summed E-state index contributed by atoms with van der Waals surface area (Å²) in [5.41, 5.74) is 1.38. The molecule has 0 aliphatic carbocycles. The van der Waals surface area contributed by atoms with Crippen LogP contribution in [0.1, 0.15) is 34.1 Å². The SMILES string of the molecule is CCOC(=O)c1ccc2[nH]c(Cc3ccccc3C(F)(F)F)cc2c1. The van der Waals surface area contributed by atoms with Gasteiger partial charge < -0.3 is 9.72 Å². The number of rotatable bonds is 4. The van der Waals surface area contributed by atoms with Crippen LogP contribution in [-0.4, -0.2) is 17.6 Å². The number of halogens is 3. The highest BCUT2D eigenvalue weighted by atomic mass is 19.4. The Morgan fingerprint density at radius 1 is 1.12 bits per heavy atom.